The summed E-state index contributed by atoms with van der Waals surface area (Å²) in [5.41, 5.74) is 1.56. The summed E-state index contributed by atoms with van der Waals surface area (Å²) in [5.74, 6) is -0.190. The van der Waals surface area contributed by atoms with Gasteiger partial charge in [0.25, 0.3) is 0 Å². The van der Waals surface area contributed by atoms with Crippen LogP contribution in [0, 0.1) is 17.2 Å². The van der Waals surface area contributed by atoms with E-state index in [4.69, 9.17) is 5.26 Å². The number of amides is 2. The minimum Gasteiger partial charge on any atom is -0.355 e. The second-order valence-electron chi connectivity index (χ2n) is 5.00. The van der Waals surface area contributed by atoms with E-state index in [1.807, 2.05) is 19.1 Å². The van der Waals surface area contributed by atoms with Gasteiger partial charge in [-0.15, -0.1) is 0 Å². The van der Waals surface area contributed by atoms with Crippen molar-refractivity contribution >= 4 is 11.8 Å². The van der Waals surface area contributed by atoms with Crippen molar-refractivity contribution in [1.82, 2.24) is 10.6 Å². The monoisotopic (exact) mass is 271 g/mol. The summed E-state index contributed by atoms with van der Waals surface area (Å²) in [6.45, 7) is 2.31. The second-order valence-corrected chi connectivity index (χ2v) is 5.00. The molecule has 0 spiro atoms. The van der Waals surface area contributed by atoms with Crippen LogP contribution in [0.2, 0.25) is 0 Å². The maximum Gasteiger partial charge on any atom is 0.225 e. The molecule has 1 heterocycles. The van der Waals surface area contributed by atoms with E-state index >= 15 is 0 Å². The molecule has 1 aromatic carbocycles. The smallest absolute Gasteiger partial charge is 0.225 e. The van der Waals surface area contributed by atoms with Crippen LogP contribution in [0.4, 0.5) is 0 Å². The molecule has 104 valence electrons. The molecule has 20 heavy (non-hydrogen) atoms. The molecule has 1 aliphatic heterocycles. The van der Waals surface area contributed by atoms with Crippen LogP contribution < -0.4 is 10.6 Å². The van der Waals surface area contributed by atoms with Crippen molar-refractivity contribution in [2.45, 2.75) is 25.8 Å². The van der Waals surface area contributed by atoms with E-state index in [-0.39, 0.29) is 23.8 Å². The minimum absolute atomic E-state index is 0.00851. The predicted molar refractivity (Wildman–Crippen MR) is 73.4 cm³/mol. The zero-order valence-electron chi connectivity index (χ0n) is 11.3. The highest BCUT2D eigenvalue weighted by Crippen LogP contribution is 2.16. The van der Waals surface area contributed by atoms with Gasteiger partial charge in [0.05, 0.1) is 23.6 Å². The largest absolute Gasteiger partial charge is 0.355 e. The molecular weight excluding hydrogens is 254 g/mol. The number of nitrogens with one attached hydrogen (secondary N) is 2. The summed E-state index contributed by atoms with van der Waals surface area (Å²) in [6.07, 6.45) is 1.00. The van der Waals surface area contributed by atoms with Crippen LogP contribution >= 0.6 is 0 Å². The van der Waals surface area contributed by atoms with Gasteiger partial charge >= 0.3 is 0 Å². The fraction of sp³-hybridized carbons (Fsp3) is 0.400. The van der Waals surface area contributed by atoms with Gasteiger partial charge in [-0.05, 0) is 31.0 Å². The van der Waals surface area contributed by atoms with Crippen LogP contribution in [0.1, 0.15) is 36.9 Å². The van der Waals surface area contributed by atoms with E-state index in [0.717, 1.165) is 5.56 Å². The standard InChI is InChI=1S/C15H17N3O2/c1-10(12-4-2-11(8-16)3-5-12)18-15(20)13-6-7-14(19)17-9-13/h2-5,10,13H,6-7,9H2,1H3,(H,17,19)(H,18,20). The summed E-state index contributed by atoms with van der Waals surface area (Å²) in [6, 6.07) is 9.09. The number of benzene rings is 1. The van der Waals surface area contributed by atoms with Crippen molar-refractivity contribution in [1.29, 1.82) is 5.26 Å². The second kappa shape index (κ2) is 6.20. The maximum absolute atomic E-state index is 12.1. The van der Waals surface area contributed by atoms with Gasteiger partial charge in [-0.25, -0.2) is 0 Å². The van der Waals surface area contributed by atoms with Crippen LogP contribution in [0.3, 0.4) is 0 Å². The Morgan fingerprint density at radius 1 is 1.45 bits per heavy atom. The lowest BCUT2D eigenvalue weighted by Crippen LogP contribution is -2.43. The molecule has 0 saturated carbocycles. The number of carbonyl (C=O) groups is 2. The molecule has 1 aromatic rings. The van der Waals surface area contributed by atoms with Crippen molar-refractivity contribution < 1.29 is 9.59 Å². The summed E-state index contributed by atoms with van der Waals surface area (Å²) < 4.78 is 0. The quantitative estimate of drug-likeness (QED) is 0.868. The molecule has 1 fully saturated rings. The predicted octanol–water partition coefficient (Wildman–Crippen LogP) is 1.26. The van der Waals surface area contributed by atoms with Crippen LogP contribution in [-0.4, -0.2) is 18.4 Å². The molecule has 0 aliphatic carbocycles. The molecule has 2 atom stereocenters. The molecule has 0 bridgehead atoms. The van der Waals surface area contributed by atoms with Crippen molar-refractivity contribution in [2.75, 3.05) is 6.54 Å². The first-order chi connectivity index (χ1) is 9.60. The van der Waals surface area contributed by atoms with Gasteiger partial charge < -0.3 is 10.6 Å². The highest BCUT2D eigenvalue weighted by molar-refractivity contribution is 5.83. The Morgan fingerprint density at radius 3 is 2.70 bits per heavy atom. The SMILES string of the molecule is CC(NC(=O)C1CCC(=O)NC1)c1ccc(C#N)cc1. The molecular formula is C15H17N3O2. The van der Waals surface area contributed by atoms with Crippen molar-refractivity contribution in [3.05, 3.63) is 35.4 Å². The fourth-order valence-electron chi connectivity index (χ4n) is 2.22. The van der Waals surface area contributed by atoms with Gasteiger partial charge in [-0.1, -0.05) is 12.1 Å². The molecule has 0 aromatic heterocycles. The topological polar surface area (TPSA) is 82.0 Å². The average Bonchev–Trinajstić information content (AvgIpc) is 2.48. The molecule has 2 unspecified atom stereocenters. The average molecular weight is 271 g/mol. The Balaban J connectivity index is 1.93. The number of rotatable bonds is 3. The third-order valence-corrected chi connectivity index (χ3v) is 3.53. The Kier molecular flexibility index (Phi) is 4.36. The van der Waals surface area contributed by atoms with Crippen molar-refractivity contribution in [3.63, 3.8) is 0 Å². The van der Waals surface area contributed by atoms with E-state index in [9.17, 15) is 9.59 Å². The lowest BCUT2D eigenvalue weighted by Gasteiger charge is -2.24. The molecule has 0 radical (unpaired) electrons. The highest BCUT2D eigenvalue weighted by atomic mass is 16.2. The normalized spacial score (nSPS) is 19.6. The van der Waals surface area contributed by atoms with E-state index < -0.39 is 0 Å². The first-order valence-electron chi connectivity index (χ1n) is 6.67. The van der Waals surface area contributed by atoms with E-state index in [0.29, 0.717) is 24.9 Å². The zero-order chi connectivity index (χ0) is 14.5. The third kappa shape index (κ3) is 3.35. The van der Waals surface area contributed by atoms with E-state index in [2.05, 4.69) is 16.7 Å². The van der Waals surface area contributed by atoms with Gasteiger partial charge in [0.15, 0.2) is 0 Å². The first-order valence-corrected chi connectivity index (χ1v) is 6.67. The third-order valence-electron chi connectivity index (χ3n) is 3.53. The molecule has 1 saturated heterocycles. The molecule has 2 N–H and O–H groups in total. The number of nitriles is 1. The number of carbonyl (C=O) groups excluding carboxylic acids is 2. The summed E-state index contributed by atoms with van der Waals surface area (Å²) in [5, 5.41) is 14.4. The lowest BCUT2D eigenvalue weighted by molar-refractivity contribution is -0.129. The van der Waals surface area contributed by atoms with Crippen LogP contribution in [0.25, 0.3) is 0 Å². The Bertz CT molecular complexity index is 535. The van der Waals surface area contributed by atoms with Gasteiger partial charge in [0.1, 0.15) is 0 Å². The van der Waals surface area contributed by atoms with Crippen LogP contribution in [0.15, 0.2) is 24.3 Å². The van der Waals surface area contributed by atoms with E-state index in [1.54, 1.807) is 12.1 Å². The highest BCUT2D eigenvalue weighted by Gasteiger charge is 2.25. The van der Waals surface area contributed by atoms with Gasteiger partial charge in [-0.2, -0.15) is 5.26 Å². The van der Waals surface area contributed by atoms with Crippen molar-refractivity contribution in [3.8, 4) is 6.07 Å². The first kappa shape index (κ1) is 14.1. The summed E-state index contributed by atoms with van der Waals surface area (Å²) in [4.78, 5) is 23.2. The Labute approximate surface area is 118 Å². The zero-order valence-corrected chi connectivity index (χ0v) is 11.3. The molecule has 5 heteroatoms. The minimum atomic E-state index is -0.159. The number of nitrogens with zero attached hydrogens (tertiary/aromatic N) is 1. The molecule has 2 rings (SSSR count). The Morgan fingerprint density at radius 2 is 2.15 bits per heavy atom. The fourth-order valence-corrected chi connectivity index (χ4v) is 2.22. The maximum atomic E-state index is 12.1. The Hall–Kier alpha value is -2.35. The van der Waals surface area contributed by atoms with Crippen molar-refractivity contribution in [2.24, 2.45) is 5.92 Å². The van der Waals surface area contributed by atoms with Crippen LogP contribution in [-0.2, 0) is 9.59 Å². The summed E-state index contributed by atoms with van der Waals surface area (Å²) >= 11 is 0. The summed E-state index contributed by atoms with van der Waals surface area (Å²) in [7, 11) is 0. The van der Waals surface area contributed by atoms with Gasteiger partial charge in [-0.3, -0.25) is 9.59 Å². The van der Waals surface area contributed by atoms with Gasteiger partial charge in [0, 0.05) is 13.0 Å². The van der Waals surface area contributed by atoms with Gasteiger partial charge in [0.2, 0.25) is 11.8 Å². The molecule has 1 aliphatic rings. The molecule has 2 amide bonds. The number of piperidine rings is 1. The van der Waals surface area contributed by atoms with E-state index in [1.165, 1.54) is 0 Å². The molecule has 5 nitrogen and oxygen atoms in total. The number of hydrogen-bond acceptors (Lipinski definition) is 3. The number of hydrogen-bond donors (Lipinski definition) is 2. The lowest BCUT2D eigenvalue weighted by atomic mass is 9.97. The van der Waals surface area contributed by atoms with Crippen LogP contribution in [0.5, 0.6) is 0 Å².